The molecule has 98 valence electrons. The highest BCUT2D eigenvalue weighted by atomic mass is 32.1. The Balaban J connectivity index is 2.53. The van der Waals surface area contributed by atoms with Gasteiger partial charge in [-0.1, -0.05) is 12.2 Å². The summed E-state index contributed by atoms with van der Waals surface area (Å²) in [5, 5.41) is 0. The molecule has 1 aromatic heterocycles. The van der Waals surface area contributed by atoms with Gasteiger partial charge in [0.15, 0.2) is 0 Å². The highest BCUT2D eigenvalue weighted by Gasteiger charge is 2.21. The summed E-state index contributed by atoms with van der Waals surface area (Å²) in [6.07, 6.45) is 3.37. The summed E-state index contributed by atoms with van der Waals surface area (Å²) in [5.74, 6) is 0.959. The predicted molar refractivity (Wildman–Crippen MR) is 80.3 cm³/mol. The molecule has 0 saturated heterocycles. The van der Waals surface area contributed by atoms with Crippen LogP contribution in [0.3, 0.4) is 0 Å². The van der Waals surface area contributed by atoms with Gasteiger partial charge in [-0.05, 0) is 51.7 Å². The first kappa shape index (κ1) is 13.3. The van der Waals surface area contributed by atoms with E-state index in [1.54, 1.807) is 0 Å². The van der Waals surface area contributed by atoms with E-state index in [0.717, 1.165) is 30.8 Å². The lowest BCUT2D eigenvalue weighted by Gasteiger charge is -2.28. The van der Waals surface area contributed by atoms with Gasteiger partial charge < -0.3 is 10.6 Å². The van der Waals surface area contributed by atoms with E-state index in [1.165, 1.54) is 17.7 Å². The number of rotatable bonds is 4. The largest absolute Gasteiger partial charge is 0.389 e. The average Bonchev–Trinajstić information content (AvgIpc) is 2.75. The molecule has 0 spiro atoms. The first-order chi connectivity index (χ1) is 8.54. The predicted octanol–water partition coefficient (Wildman–Crippen LogP) is 2.44. The second-order valence-electron chi connectivity index (χ2n) is 5.06. The van der Waals surface area contributed by atoms with Crippen LogP contribution in [0.4, 0.5) is 5.82 Å². The highest BCUT2D eigenvalue weighted by Crippen LogP contribution is 2.28. The summed E-state index contributed by atoms with van der Waals surface area (Å²) in [6, 6.07) is 2.55. The maximum atomic E-state index is 5.87. The van der Waals surface area contributed by atoms with Crippen molar-refractivity contribution in [3.8, 4) is 0 Å². The van der Waals surface area contributed by atoms with Gasteiger partial charge in [0.05, 0.1) is 5.56 Å². The van der Waals surface area contributed by atoms with Gasteiger partial charge in [0.25, 0.3) is 0 Å². The number of nitrogens with two attached hydrogens (primary N) is 1. The van der Waals surface area contributed by atoms with E-state index in [9.17, 15) is 0 Å². The van der Waals surface area contributed by atoms with Crippen LogP contribution < -0.4 is 10.6 Å². The molecule has 0 bridgehead atoms. The molecule has 0 unspecified atom stereocenters. The number of aryl methyl sites for hydroxylation is 2. The highest BCUT2D eigenvalue weighted by molar-refractivity contribution is 7.80. The van der Waals surface area contributed by atoms with E-state index in [-0.39, 0.29) is 0 Å². The van der Waals surface area contributed by atoms with Crippen LogP contribution >= 0.6 is 12.2 Å². The average molecular weight is 263 g/mol. The fourth-order valence-corrected chi connectivity index (χ4v) is 2.77. The molecule has 4 heteroatoms. The Hall–Kier alpha value is -1.16. The second-order valence-corrected chi connectivity index (χ2v) is 5.50. The molecule has 1 aliphatic rings. The Bertz CT molecular complexity index is 468. The number of pyridine rings is 1. The zero-order chi connectivity index (χ0) is 13.3. The summed E-state index contributed by atoms with van der Waals surface area (Å²) >= 11 is 5.19. The van der Waals surface area contributed by atoms with Crippen LogP contribution in [0, 0.1) is 0 Å². The van der Waals surface area contributed by atoms with E-state index in [1.807, 2.05) is 0 Å². The summed E-state index contributed by atoms with van der Waals surface area (Å²) in [4.78, 5) is 7.53. The van der Waals surface area contributed by atoms with Crippen molar-refractivity contribution in [3.05, 3.63) is 22.9 Å². The zero-order valence-electron chi connectivity index (χ0n) is 11.4. The fourth-order valence-electron chi connectivity index (χ4n) is 2.62. The first-order valence-electron chi connectivity index (χ1n) is 6.63. The lowest BCUT2D eigenvalue weighted by molar-refractivity contribution is 0.690. The molecule has 0 amide bonds. The second kappa shape index (κ2) is 5.22. The molecule has 0 radical (unpaired) electrons. The summed E-state index contributed by atoms with van der Waals surface area (Å²) in [6.45, 7) is 7.39. The Morgan fingerprint density at radius 3 is 2.78 bits per heavy atom. The van der Waals surface area contributed by atoms with Crippen molar-refractivity contribution >= 4 is 23.0 Å². The van der Waals surface area contributed by atoms with E-state index in [0.29, 0.717) is 11.0 Å². The molecule has 0 fully saturated rings. The van der Waals surface area contributed by atoms with E-state index in [4.69, 9.17) is 22.9 Å². The summed E-state index contributed by atoms with van der Waals surface area (Å²) in [7, 11) is 0. The van der Waals surface area contributed by atoms with Gasteiger partial charge in [-0.3, -0.25) is 0 Å². The topological polar surface area (TPSA) is 42.2 Å². The fraction of sp³-hybridized carbons (Fsp3) is 0.571. The van der Waals surface area contributed by atoms with Crippen LogP contribution in [0.25, 0.3) is 0 Å². The monoisotopic (exact) mass is 263 g/mol. The van der Waals surface area contributed by atoms with E-state index < -0.39 is 0 Å². The van der Waals surface area contributed by atoms with E-state index in [2.05, 4.69) is 31.7 Å². The maximum absolute atomic E-state index is 5.87. The van der Waals surface area contributed by atoms with Crippen LogP contribution in [0.15, 0.2) is 6.07 Å². The molecule has 2 N–H and O–H groups in total. The Kier molecular flexibility index (Phi) is 3.85. The van der Waals surface area contributed by atoms with Crippen molar-refractivity contribution in [3.63, 3.8) is 0 Å². The number of fused-ring (bicyclic) bond motifs is 1. The van der Waals surface area contributed by atoms with E-state index >= 15 is 0 Å². The van der Waals surface area contributed by atoms with Crippen LogP contribution in [-0.2, 0) is 12.8 Å². The van der Waals surface area contributed by atoms with Crippen LogP contribution in [0.1, 0.15) is 44.0 Å². The lowest BCUT2D eigenvalue weighted by atomic mass is 10.1. The smallest absolute Gasteiger partial charge is 0.139 e. The Morgan fingerprint density at radius 1 is 1.50 bits per heavy atom. The van der Waals surface area contributed by atoms with Crippen molar-refractivity contribution in [2.75, 3.05) is 11.4 Å². The zero-order valence-corrected chi connectivity index (χ0v) is 12.2. The normalized spacial score (nSPS) is 13.8. The standard InChI is InChI=1S/C14H21N3S/c1-4-17(9(2)3)14-11(13(15)18)8-10-6-5-7-12(10)16-14/h8-9H,4-7H2,1-3H3,(H2,15,18). The number of thiocarbonyl (C=S) groups is 1. The molecular weight excluding hydrogens is 242 g/mol. The molecule has 0 aliphatic heterocycles. The van der Waals surface area contributed by atoms with Gasteiger partial charge in [0, 0.05) is 18.3 Å². The van der Waals surface area contributed by atoms with Crippen LogP contribution in [-0.4, -0.2) is 22.6 Å². The minimum atomic E-state index is 0.398. The van der Waals surface area contributed by atoms with Gasteiger partial charge in [0.1, 0.15) is 10.8 Å². The molecule has 0 aromatic carbocycles. The minimum absolute atomic E-state index is 0.398. The third kappa shape index (κ3) is 2.34. The Labute approximate surface area is 114 Å². The number of anilines is 1. The molecule has 1 aromatic rings. The van der Waals surface area contributed by atoms with Crippen LogP contribution in [0.2, 0.25) is 0 Å². The SMILES string of the molecule is CCN(c1nc2c(cc1C(N)=S)CCC2)C(C)C. The molecule has 1 aliphatic carbocycles. The van der Waals surface area contributed by atoms with Gasteiger partial charge in [-0.25, -0.2) is 4.98 Å². The Morgan fingerprint density at radius 2 is 2.22 bits per heavy atom. The van der Waals surface area contributed by atoms with Gasteiger partial charge in [0.2, 0.25) is 0 Å². The van der Waals surface area contributed by atoms with Crippen molar-refractivity contribution in [2.24, 2.45) is 5.73 Å². The van der Waals surface area contributed by atoms with Gasteiger partial charge >= 0.3 is 0 Å². The molecule has 3 nitrogen and oxygen atoms in total. The first-order valence-corrected chi connectivity index (χ1v) is 7.04. The van der Waals surface area contributed by atoms with Crippen molar-refractivity contribution < 1.29 is 0 Å². The quantitative estimate of drug-likeness (QED) is 0.847. The number of aromatic nitrogens is 1. The number of hydrogen-bond donors (Lipinski definition) is 1. The summed E-state index contributed by atoms with van der Waals surface area (Å²) in [5.41, 5.74) is 9.34. The van der Waals surface area contributed by atoms with Crippen molar-refractivity contribution in [1.82, 2.24) is 4.98 Å². The molecule has 0 atom stereocenters. The van der Waals surface area contributed by atoms with Crippen molar-refractivity contribution in [2.45, 2.75) is 46.1 Å². The van der Waals surface area contributed by atoms with Crippen molar-refractivity contribution in [1.29, 1.82) is 0 Å². The molecule has 1 heterocycles. The molecular formula is C14H21N3S. The van der Waals surface area contributed by atoms with Gasteiger partial charge in [-0.2, -0.15) is 0 Å². The maximum Gasteiger partial charge on any atom is 0.139 e. The summed E-state index contributed by atoms with van der Waals surface area (Å²) < 4.78 is 0. The number of nitrogens with zero attached hydrogens (tertiary/aromatic N) is 2. The van der Waals surface area contributed by atoms with Gasteiger partial charge in [-0.15, -0.1) is 0 Å². The third-order valence-corrected chi connectivity index (χ3v) is 3.75. The molecule has 18 heavy (non-hydrogen) atoms. The van der Waals surface area contributed by atoms with Crippen LogP contribution in [0.5, 0.6) is 0 Å². The third-order valence-electron chi connectivity index (χ3n) is 3.53. The number of hydrogen-bond acceptors (Lipinski definition) is 3. The minimum Gasteiger partial charge on any atom is -0.389 e. The molecule has 0 saturated carbocycles. The molecule has 2 rings (SSSR count). The lowest BCUT2D eigenvalue weighted by Crippen LogP contribution is -2.33.